The lowest BCUT2D eigenvalue weighted by Gasteiger charge is -2.10. The Morgan fingerprint density at radius 3 is 2.86 bits per heavy atom. The SMILES string of the molecule is CCOC(=O)c1c(NC(=O)CSc2nc(CC)c(C)cc2C#N)sc2c1CCC2. The number of ether oxygens (including phenoxy) is 1. The van der Waals surface area contributed by atoms with Gasteiger partial charge in [0.25, 0.3) is 0 Å². The van der Waals surface area contributed by atoms with E-state index in [0.717, 1.165) is 47.4 Å². The monoisotopic (exact) mass is 429 g/mol. The summed E-state index contributed by atoms with van der Waals surface area (Å²) < 4.78 is 5.20. The Bertz CT molecular complexity index is 992. The molecule has 1 aliphatic carbocycles. The van der Waals surface area contributed by atoms with Gasteiger partial charge in [0.1, 0.15) is 16.1 Å². The van der Waals surface area contributed by atoms with E-state index in [2.05, 4.69) is 16.4 Å². The molecular formula is C21H23N3O3S2. The fraction of sp³-hybridized carbons (Fsp3) is 0.429. The number of nitrogens with zero attached hydrogens (tertiary/aromatic N) is 2. The highest BCUT2D eigenvalue weighted by Gasteiger charge is 2.28. The van der Waals surface area contributed by atoms with Gasteiger partial charge in [0.15, 0.2) is 0 Å². The third-order valence-electron chi connectivity index (χ3n) is 4.73. The smallest absolute Gasteiger partial charge is 0.341 e. The molecule has 8 heteroatoms. The molecule has 2 heterocycles. The van der Waals surface area contributed by atoms with E-state index in [4.69, 9.17) is 4.74 Å². The van der Waals surface area contributed by atoms with Crippen molar-refractivity contribution in [3.05, 3.63) is 38.9 Å². The molecule has 0 atom stereocenters. The molecule has 0 saturated heterocycles. The molecule has 1 amide bonds. The maximum absolute atomic E-state index is 12.6. The largest absolute Gasteiger partial charge is 0.462 e. The zero-order chi connectivity index (χ0) is 21.0. The highest BCUT2D eigenvalue weighted by atomic mass is 32.2. The number of anilines is 1. The zero-order valence-corrected chi connectivity index (χ0v) is 18.4. The van der Waals surface area contributed by atoms with Crippen LogP contribution in [0.2, 0.25) is 0 Å². The van der Waals surface area contributed by atoms with Crippen molar-refractivity contribution in [1.29, 1.82) is 5.26 Å². The molecule has 0 unspecified atom stereocenters. The number of thiophene rings is 1. The number of carbonyl (C=O) groups is 2. The van der Waals surface area contributed by atoms with E-state index in [-0.39, 0.29) is 17.6 Å². The summed E-state index contributed by atoms with van der Waals surface area (Å²) in [7, 11) is 0. The molecule has 29 heavy (non-hydrogen) atoms. The molecular weight excluding hydrogens is 406 g/mol. The Hall–Kier alpha value is -2.37. The van der Waals surface area contributed by atoms with Crippen LogP contribution in [-0.4, -0.2) is 29.2 Å². The second kappa shape index (κ2) is 9.42. The number of amides is 1. The van der Waals surface area contributed by atoms with Crippen molar-refractivity contribution in [3.63, 3.8) is 0 Å². The molecule has 3 rings (SSSR count). The van der Waals surface area contributed by atoms with Crippen LogP contribution in [0.1, 0.15) is 57.9 Å². The van der Waals surface area contributed by atoms with Gasteiger partial charge in [-0.25, -0.2) is 9.78 Å². The lowest BCUT2D eigenvalue weighted by atomic mass is 10.1. The van der Waals surface area contributed by atoms with E-state index in [9.17, 15) is 14.9 Å². The van der Waals surface area contributed by atoms with Gasteiger partial charge in [-0.1, -0.05) is 18.7 Å². The summed E-state index contributed by atoms with van der Waals surface area (Å²) in [5.74, 6) is -0.502. The summed E-state index contributed by atoms with van der Waals surface area (Å²) in [5, 5.41) is 13.4. The first-order valence-electron chi connectivity index (χ1n) is 9.63. The first kappa shape index (κ1) is 21.3. The maximum atomic E-state index is 12.6. The number of aromatic nitrogens is 1. The van der Waals surface area contributed by atoms with Crippen molar-refractivity contribution < 1.29 is 14.3 Å². The minimum atomic E-state index is -0.380. The number of carbonyl (C=O) groups excluding carboxylic acids is 2. The number of pyridine rings is 1. The predicted octanol–water partition coefficient (Wildman–Crippen LogP) is 4.28. The Kier molecular flexibility index (Phi) is 6.93. The van der Waals surface area contributed by atoms with Gasteiger partial charge in [0, 0.05) is 10.6 Å². The maximum Gasteiger partial charge on any atom is 0.341 e. The number of nitriles is 1. The van der Waals surface area contributed by atoms with Crippen LogP contribution in [0.15, 0.2) is 11.1 Å². The summed E-state index contributed by atoms with van der Waals surface area (Å²) >= 11 is 2.69. The summed E-state index contributed by atoms with van der Waals surface area (Å²) in [4.78, 5) is 30.7. The lowest BCUT2D eigenvalue weighted by Crippen LogP contribution is -2.17. The molecule has 0 saturated carbocycles. The van der Waals surface area contributed by atoms with Gasteiger partial charge in [-0.3, -0.25) is 4.79 Å². The molecule has 152 valence electrons. The van der Waals surface area contributed by atoms with Gasteiger partial charge in [0.2, 0.25) is 5.91 Å². The van der Waals surface area contributed by atoms with E-state index in [1.165, 1.54) is 23.1 Å². The van der Waals surface area contributed by atoms with Crippen LogP contribution in [0.25, 0.3) is 0 Å². The van der Waals surface area contributed by atoms with Gasteiger partial charge in [-0.05, 0) is 56.7 Å². The number of nitrogens with one attached hydrogen (secondary N) is 1. The van der Waals surface area contributed by atoms with Crippen molar-refractivity contribution >= 4 is 40.0 Å². The van der Waals surface area contributed by atoms with E-state index >= 15 is 0 Å². The molecule has 2 aromatic rings. The molecule has 1 N–H and O–H groups in total. The fourth-order valence-electron chi connectivity index (χ4n) is 3.39. The van der Waals surface area contributed by atoms with Crippen molar-refractivity contribution in [1.82, 2.24) is 4.98 Å². The third kappa shape index (κ3) is 4.62. The molecule has 0 bridgehead atoms. The van der Waals surface area contributed by atoms with Crippen molar-refractivity contribution in [2.24, 2.45) is 0 Å². The summed E-state index contributed by atoms with van der Waals surface area (Å²) in [6.07, 6.45) is 3.55. The van der Waals surface area contributed by atoms with E-state index in [1.54, 1.807) is 6.92 Å². The number of thioether (sulfide) groups is 1. The second-order valence-corrected chi connectivity index (χ2v) is 8.76. The van der Waals surface area contributed by atoms with Crippen LogP contribution in [0.5, 0.6) is 0 Å². The fourth-order valence-corrected chi connectivity index (χ4v) is 5.46. The number of fused-ring (bicyclic) bond motifs is 1. The van der Waals surface area contributed by atoms with Gasteiger partial charge >= 0.3 is 5.97 Å². The third-order valence-corrected chi connectivity index (χ3v) is 6.93. The zero-order valence-electron chi connectivity index (χ0n) is 16.8. The second-order valence-electron chi connectivity index (χ2n) is 6.69. The highest BCUT2D eigenvalue weighted by Crippen LogP contribution is 2.39. The molecule has 2 aromatic heterocycles. The summed E-state index contributed by atoms with van der Waals surface area (Å²) in [6, 6.07) is 3.97. The van der Waals surface area contributed by atoms with Gasteiger partial charge in [-0.2, -0.15) is 5.26 Å². The van der Waals surface area contributed by atoms with Crippen molar-refractivity contribution in [2.75, 3.05) is 17.7 Å². The van der Waals surface area contributed by atoms with E-state index < -0.39 is 0 Å². The molecule has 0 aliphatic heterocycles. The Morgan fingerprint density at radius 2 is 2.17 bits per heavy atom. The molecule has 0 fully saturated rings. The molecule has 1 aliphatic rings. The van der Waals surface area contributed by atoms with Gasteiger partial charge < -0.3 is 10.1 Å². The van der Waals surface area contributed by atoms with E-state index in [1.807, 2.05) is 19.9 Å². The highest BCUT2D eigenvalue weighted by molar-refractivity contribution is 8.00. The standard InChI is InChI=1S/C21H23N3O3S2/c1-4-15-12(3)9-13(10-22)19(23-15)28-11-17(25)24-20-18(21(26)27-5-2)14-7-6-8-16(14)29-20/h9H,4-8,11H2,1-3H3,(H,24,25). The molecule has 0 aromatic carbocycles. The number of hydrogen-bond donors (Lipinski definition) is 1. The van der Waals surface area contributed by atoms with Crippen molar-refractivity contribution in [2.45, 2.75) is 51.5 Å². The topological polar surface area (TPSA) is 92.1 Å². The summed E-state index contributed by atoms with van der Waals surface area (Å²) in [5.41, 5.74) is 3.88. The first-order valence-corrected chi connectivity index (χ1v) is 11.4. The Labute approximate surface area is 178 Å². The van der Waals surface area contributed by atoms with Crippen LogP contribution in [0.3, 0.4) is 0 Å². The van der Waals surface area contributed by atoms with Crippen LogP contribution >= 0.6 is 23.1 Å². The molecule has 0 radical (unpaired) electrons. The Morgan fingerprint density at radius 1 is 1.38 bits per heavy atom. The minimum absolute atomic E-state index is 0.110. The molecule has 0 spiro atoms. The average molecular weight is 430 g/mol. The van der Waals surface area contributed by atoms with Crippen LogP contribution < -0.4 is 5.32 Å². The number of esters is 1. The number of hydrogen-bond acceptors (Lipinski definition) is 7. The van der Waals surface area contributed by atoms with Crippen LogP contribution in [0, 0.1) is 18.3 Å². The normalized spacial score (nSPS) is 12.3. The van der Waals surface area contributed by atoms with Gasteiger partial charge in [-0.15, -0.1) is 11.3 Å². The quantitative estimate of drug-likeness (QED) is 0.522. The van der Waals surface area contributed by atoms with Gasteiger partial charge in [0.05, 0.1) is 23.5 Å². The van der Waals surface area contributed by atoms with Crippen LogP contribution in [-0.2, 0) is 28.8 Å². The predicted molar refractivity (Wildman–Crippen MR) is 115 cm³/mol. The first-order chi connectivity index (χ1) is 14.0. The Balaban J connectivity index is 1.74. The molecule has 6 nitrogen and oxygen atoms in total. The number of aryl methyl sites for hydroxylation is 3. The van der Waals surface area contributed by atoms with E-state index in [0.29, 0.717) is 27.8 Å². The van der Waals surface area contributed by atoms with Crippen molar-refractivity contribution in [3.8, 4) is 6.07 Å². The lowest BCUT2D eigenvalue weighted by molar-refractivity contribution is -0.113. The van der Waals surface area contributed by atoms with Crippen LogP contribution in [0.4, 0.5) is 5.00 Å². The minimum Gasteiger partial charge on any atom is -0.462 e. The summed E-state index contributed by atoms with van der Waals surface area (Å²) in [6.45, 7) is 6.00. The average Bonchev–Trinajstić information content (AvgIpc) is 3.27. The number of rotatable bonds is 7.